The summed E-state index contributed by atoms with van der Waals surface area (Å²) < 4.78 is 23.4. The highest BCUT2D eigenvalue weighted by atomic mass is 32.1. The van der Waals surface area contributed by atoms with Crippen LogP contribution >= 0.6 is 68.0 Å². The van der Waals surface area contributed by atoms with Gasteiger partial charge in [-0.1, -0.05) is 334 Å². The van der Waals surface area contributed by atoms with E-state index in [4.69, 9.17) is 0 Å². The third-order valence-electron chi connectivity index (χ3n) is 27.8. The molecule has 21 aromatic carbocycles. The molecule has 30 aromatic rings. The molecule has 0 radical (unpaired) electrons. The Morgan fingerprint density at radius 2 is 0.482 bits per heavy atom. The maximum absolute atomic E-state index is 2.45. The van der Waals surface area contributed by atoms with Crippen LogP contribution in [0.15, 0.2) is 467 Å². The number of aromatic nitrogens is 3. The SMILES string of the molecule is c1ccc(-c2cccc3c2sc2cccc(-c4cccc(-c5ccc6sc7c8ccccc8n(-c8ccccc8)c7c6c5)c4)c23)cc1.c1ccc(-n2c3ccccc3c3sc4ccc(-c5cccc(-c6cccc7sc8c9ccccc9ccc8c67)c5)cc4c32)cc1.c1ccc(-n2c3ccccc3c3sc4cccc(-c5cccc(-c6ccc7c(c6)sc6cc8ccccc8cc67)c5)c4c32)cc1. The molecule has 0 amide bonds. The van der Waals surface area contributed by atoms with Crippen molar-refractivity contribution in [3.8, 4) is 95.0 Å². The molecule has 0 atom stereocenters. The average Bonchev–Trinajstić information content (AvgIpc) is 1.57. The highest BCUT2D eigenvalue weighted by Gasteiger charge is 2.26. The number of nitrogens with zero attached hydrogens (tertiary/aromatic N) is 3. The zero-order valence-corrected chi connectivity index (χ0v) is 78.6. The first-order chi connectivity index (χ1) is 67.9. The van der Waals surface area contributed by atoms with Gasteiger partial charge in [0.25, 0.3) is 0 Å². The van der Waals surface area contributed by atoms with Gasteiger partial charge in [-0.2, -0.15) is 0 Å². The number of thiophene rings is 6. The predicted molar refractivity (Wildman–Crippen MR) is 600 cm³/mol. The molecule has 0 bridgehead atoms. The summed E-state index contributed by atoms with van der Waals surface area (Å²) in [6.07, 6.45) is 0. The lowest BCUT2D eigenvalue weighted by Gasteiger charge is -2.11. The van der Waals surface area contributed by atoms with Crippen molar-refractivity contribution in [3.05, 3.63) is 467 Å². The van der Waals surface area contributed by atoms with Crippen LogP contribution in [-0.2, 0) is 0 Å². The van der Waals surface area contributed by atoms with Crippen molar-refractivity contribution in [2.75, 3.05) is 0 Å². The molecule has 0 saturated heterocycles. The van der Waals surface area contributed by atoms with Crippen molar-refractivity contribution < 1.29 is 0 Å². The Morgan fingerprint density at radius 1 is 0.139 bits per heavy atom. The molecule has 0 unspecified atom stereocenters. The molecule has 0 aliphatic heterocycles. The molecule has 9 aromatic heterocycles. The molecule has 0 aliphatic carbocycles. The standard InChI is InChI=1S/C44H27NS2.2C42H25NS2/c1-3-12-28(13-4-1)34-20-10-21-36-41-33(19-11-23-40(41)47-43(34)36)31-15-9-14-29(26-31)30-24-25-39-37(27-30)42-44(46-39)35-18-7-8-22-38(35)45(42)32-16-5-2-6-17-32;1-2-13-30(14-3-1)43-36-18-7-6-16-33(36)42-40(43)35-25-28(21-23-37(35)44-42)27-11-8-12-29(24-27)31-17-9-19-38-39(31)34-22-20-26-10-4-5-15-32(26)41(34)45-38;1-2-14-31(15-3-1)43-36-18-7-6-16-34(36)42-41(43)40-32(17-9-19-37(40)45-42)30-13-8-12-26(22-30)29-20-21-33-35-23-27-10-4-5-11-28(27)24-39(35)44-38(33)25-29/h1-27H;2*1-25H. The zero-order valence-electron chi connectivity index (χ0n) is 73.7. The molecule has 640 valence electrons. The lowest BCUT2D eigenvalue weighted by Crippen LogP contribution is -1.93. The molecular formula is C128H77N3S6. The Hall–Kier alpha value is -15.9. The molecule has 0 spiro atoms. The summed E-state index contributed by atoms with van der Waals surface area (Å²) in [5, 5.41) is 21.1. The minimum Gasteiger partial charge on any atom is -0.308 e. The highest BCUT2D eigenvalue weighted by Crippen LogP contribution is 2.53. The summed E-state index contributed by atoms with van der Waals surface area (Å²) in [4.78, 5) is 0. The van der Waals surface area contributed by atoms with Crippen LogP contribution in [0.5, 0.6) is 0 Å². The Morgan fingerprint density at radius 3 is 1.01 bits per heavy atom. The normalized spacial score (nSPS) is 11.9. The van der Waals surface area contributed by atoms with E-state index in [1.54, 1.807) is 0 Å². The zero-order chi connectivity index (χ0) is 89.9. The van der Waals surface area contributed by atoms with Gasteiger partial charge in [0.1, 0.15) is 0 Å². The largest absolute Gasteiger partial charge is 0.308 e. The monoisotopic (exact) mass is 1850 g/mol. The summed E-state index contributed by atoms with van der Waals surface area (Å²) in [7, 11) is 0. The van der Waals surface area contributed by atoms with Crippen molar-refractivity contribution in [2.45, 2.75) is 0 Å². The molecule has 0 aliphatic rings. The van der Waals surface area contributed by atoms with Gasteiger partial charge in [0, 0.05) is 124 Å². The maximum atomic E-state index is 2.45. The van der Waals surface area contributed by atoms with Crippen LogP contribution in [0.4, 0.5) is 0 Å². The van der Waals surface area contributed by atoms with E-state index in [2.05, 4.69) is 481 Å². The van der Waals surface area contributed by atoms with E-state index in [-0.39, 0.29) is 0 Å². The first-order valence-corrected chi connectivity index (χ1v) is 51.4. The van der Waals surface area contributed by atoms with Gasteiger partial charge in [-0.05, 0) is 233 Å². The second-order valence-corrected chi connectivity index (χ2v) is 41.9. The van der Waals surface area contributed by atoms with Crippen LogP contribution in [-0.4, -0.2) is 13.7 Å². The van der Waals surface area contributed by atoms with E-state index in [0.717, 1.165) is 0 Å². The molecule has 137 heavy (non-hydrogen) atoms. The molecule has 0 saturated carbocycles. The molecule has 0 N–H and O–H groups in total. The average molecular weight is 1850 g/mol. The van der Waals surface area contributed by atoms with E-state index in [0.29, 0.717) is 0 Å². The topological polar surface area (TPSA) is 14.8 Å². The molecule has 0 fully saturated rings. The first kappa shape index (κ1) is 79.6. The van der Waals surface area contributed by atoms with Gasteiger partial charge in [0.15, 0.2) is 0 Å². The fraction of sp³-hybridized carbons (Fsp3) is 0. The number of hydrogen-bond donors (Lipinski definition) is 0. The summed E-state index contributed by atoms with van der Waals surface area (Å²) in [6, 6.07) is 171. The first-order valence-electron chi connectivity index (χ1n) is 46.5. The lowest BCUT2D eigenvalue weighted by molar-refractivity contribution is 1.19. The second-order valence-electron chi connectivity index (χ2n) is 35.5. The molecule has 30 rings (SSSR count). The van der Waals surface area contributed by atoms with Crippen LogP contribution in [0, 0.1) is 0 Å². The van der Waals surface area contributed by atoms with Crippen LogP contribution in [0.25, 0.3) is 271 Å². The van der Waals surface area contributed by atoms with Gasteiger partial charge in [0.05, 0.1) is 47.2 Å². The fourth-order valence-corrected chi connectivity index (χ4v) is 28.9. The highest BCUT2D eigenvalue weighted by molar-refractivity contribution is 7.29. The minimum atomic E-state index is 1.19. The molecular weight excluding hydrogens is 1770 g/mol. The van der Waals surface area contributed by atoms with E-state index >= 15 is 0 Å². The number of hydrogen-bond acceptors (Lipinski definition) is 6. The smallest absolute Gasteiger partial charge is 0.0734 e. The van der Waals surface area contributed by atoms with Gasteiger partial charge >= 0.3 is 0 Å². The summed E-state index contributed by atoms with van der Waals surface area (Å²) in [5.74, 6) is 0. The third kappa shape index (κ3) is 13.1. The second kappa shape index (κ2) is 32.4. The van der Waals surface area contributed by atoms with Crippen LogP contribution in [0.1, 0.15) is 0 Å². The van der Waals surface area contributed by atoms with Gasteiger partial charge < -0.3 is 13.7 Å². The molecule has 3 nitrogen and oxygen atoms in total. The van der Waals surface area contributed by atoms with Crippen molar-refractivity contribution in [2.24, 2.45) is 0 Å². The Balaban J connectivity index is 0.000000102. The number of benzene rings is 21. The quantitative estimate of drug-likeness (QED) is 0.130. The summed E-state index contributed by atoms with van der Waals surface area (Å²) in [5.41, 5.74) is 28.8. The summed E-state index contributed by atoms with van der Waals surface area (Å²) >= 11 is 11.4. The van der Waals surface area contributed by atoms with Gasteiger partial charge in [-0.25, -0.2) is 0 Å². The third-order valence-corrected chi connectivity index (χ3v) is 34.8. The van der Waals surface area contributed by atoms with Gasteiger partial charge in [-0.15, -0.1) is 68.0 Å². The maximum Gasteiger partial charge on any atom is 0.0734 e. The van der Waals surface area contributed by atoms with Crippen molar-refractivity contribution >= 4 is 244 Å². The predicted octanol–water partition coefficient (Wildman–Crippen LogP) is 39.1. The van der Waals surface area contributed by atoms with E-state index < -0.39 is 0 Å². The van der Waals surface area contributed by atoms with Crippen LogP contribution in [0.2, 0.25) is 0 Å². The number of para-hydroxylation sites is 6. The van der Waals surface area contributed by atoms with Crippen molar-refractivity contribution in [1.82, 2.24) is 13.7 Å². The van der Waals surface area contributed by atoms with Crippen LogP contribution in [0.3, 0.4) is 0 Å². The minimum absolute atomic E-state index is 1.19. The molecule has 9 heterocycles. The number of fused-ring (bicyclic) bond motifs is 27. The fourth-order valence-electron chi connectivity index (χ4n) is 21.6. The Labute approximate surface area is 812 Å². The Kier molecular flexibility index (Phi) is 18.9. The van der Waals surface area contributed by atoms with Gasteiger partial charge in [-0.3, -0.25) is 0 Å². The van der Waals surface area contributed by atoms with Crippen LogP contribution < -0.4 is 0 Å². The van der Waals surface area contributed by atoms with Crippen molar-refractivity contribution in [1.29, 1.82) is 0 Å². The van der Waals surface area contributed by atoms with E-state index in [1.807, 2.05) is 68.0 Å². The van der Waals surface area contributed by atoms with Crippen molar-refractivity contribution in [3.63, 3.8) is 0 Å². The number of rotatable bonds is 10. The summed E-state index contributed by atoms with van der Waals surface area (Å²) in [6.45, 7) is 0. The lowest BCUT2D eigenvalue weighted by atomic mass is 9.95. The van der Waals surface area contributed by atoms with Gasteiger partial charge in [0.2, 0.25) is 0 Å². The van der Waals surface area contributed by atoms with E-state index in [9.17, 15) is 0 Å². The molecule has 9 heteroatoms. The Bertz CT molecular complexity index is 10100. The van der Waals surface area contributed by atoms with E-state index in [1.165, 1.54) is 271 Å².